The molecule has 1 fully saturated rings. The zero-order valence-corrected chi connectivity index (χ0v) is 20.6. The Balaban J connectivity index is 1.35. The molecule has 2 amide bonds. The summed E-state index contributed by atoms with van der Waals surface area (Å²) in [5, 5.41) is 4.00. The maximum absolute atomic E-state index is 13.6. The summed E-state index contributed by atoms with van der Waals surface area (Å²) >= 11 is 3.18. The highest BCUT2D eigenvalue weighted by molar-refractivity contribution is 7.12. The lowest BCUT2D eigenvalue weighted by Gasteiger charge is -2.37. The molecule has 5 rings (SSSR count). The van der Waals surface area contributed by atoms with Crippen molar-refractivity contribution in [1.29, 1.82) is 0 Å². The second kappa shape index (κ2) is 9.31. The highest BCUT2D eigenvalue weighted by atomic mass is 32.1. The van der Waals surface area contributed by atoms with Crippen molar-refractivity contribution in [2.24, 2.45) is 0 Å². The van der Waals surface area contributed by atoms with Crippen molar-refractivity contribution < 1.29 is 14.3 Å². The van der Waals surface area contributed by atoms with Crippen molar-refractivity contribution in [3.05, 3.63) is 73.6 Å². The van der Waals surface area contributed by atoms with E-state index in [1.54, 1.807) is 16.2 Å². The highest BCUT2D eigenvalue weighted by Crippen LogP contribution is 2.35. The van der Waals surface area contributed by atoms with E-state index in [1.807, 2.05) is 41.5 Å². The van der Waals surface area contributed by atoms with Crippen LogP contribution in [0.15, 0.2) is 47.2 Å². The van der Waals surface area contributed by atoms with Gasteiger partial charge < -0.3 is 14.5 Å². The summed E-state index contributed by atoms with van der Waals surface area (Å²) in [6.45, 7) is 5.30. The summed E-state index contributed by atoms with van der Waals surface area (Å²) in [6.07, 6.45) is 2.79. The molecule has 172 valence electrons. The lowest BCUT2D eigenvalue weighted by Crippen LogP contribution is -2.48. The third-order valence-electron chi connectivity index (χ3n) is 6.43. The predicted molar refractivity (Wildman–Crippen MR) is 132 cm³/mol. The number of hydrogen-bond donors (Lipinski definition) is 0. The highest BCUT2D eigenvalue weighted by Gasteiger charge is 2.38. The Morgan fingerprint density at radius 2 is 1.97 bits per heavy atom. The number of nitrogens with zero attached hydrogens (tertiary/aromatic N) is 2. The van der Waals surface area contributed by atoms with Gasteiger partial charge in [-0.2, -0.15) is 0 Å². The van der Waals surface area contributed by atoms with Gasteiger partial charge in [0.25, 0.3) is 5.91 Å². The van der Waals surface area contributed by atoms with Crippen LogP contribution in [-0.2, 0) is 11.2 Å². The first kappa shape index (κ1) is 22.2. The second-order valence-electron chi connectivity index (χ2n) is 8.87. The van der Waals surface area contributed by atoms with Crippen LogP contribution >= 0.6 is 22.7 Å². The molecule has 2 aliphatic rings. The number of carbonyl (C=O) groups is 2. The van der Waals surface area contributed by atoms with E-state index in [9.17, 15) is 9.59 Å². The van der Waals surface area contributed by atoms with Crippen LogP contribution in [0, 0.1) is 13.8 Å². The fourth-order valence-electron chi connectivity index (χ4n) is 4.54. The van der Waals surface area contributed by atoms with E-state index in [-0.39, 0.29) is 30.4 Å². The van der Waals surface area contributed by atoms with E-state index < -0.39 is 0 Å². The number of hydrogen-bond acceptors (Lipinski definition) is 5. The first-order valence-electron chi connectivity index (χ1n) is 11.4. The molecule has 0 saturated heterocycles. The Hall–Kier alpha value is -2.64. The van der Waals surface area contributed by atoms with Crippen LogP contribution in [0.3, 0.4) is 0 Å². The first-order valence-corrected chi connectivity index (χ1v) is 13.2. The predicted octanol–water partition coefficient (Wildman–Crippen LogP) is 5.24. The van der Waals surface area contributed by atoms with Crippen molar-refractivity contribution >= 4 is 34.5 Å². The lowest BCUT2D eigenvalue weighted by molar-refractivity contribution is -0.135. The molecule has 1 atom stereocenters. The van der Waals surface area contributed by atoms with Crippen LogP contribution < -0.4 is 4.74 Å². The summed E-state index contributed by atoms with van der Waals surface area (Å²) in [7, 11) is 0. The molecule has 5 nitrogen and oxygen atoms in total. The van der Waals surface area contributed by atoms with E-state index in [1.165, 1.54) is 27.3 Å². The van der Waals surface area contributed by atoms with Gasteiger partial charge in [0.1, 0.15) is 18.9 Å². The molecule has 33 heavy (non-hydrogen) atoms. The minimum absolute atomic E-state index is 0.00196. The molecule has 7 heteroatoms. The molecule has 0 bridgehead atoms. The van der Waals surface area contributed by atoms with Crippen LogP contribution in [0.1, 0.15) is 50.1 Å². The topological polar surface area (TPSA) is 49.9 Å². The summed E-state index contributed by atoms with van der Waals surface area (Å²) in [5.41, 5.74) is 3.47. The number of aryl methyl sites for hydroxylation is 2. The minimum atomic E-state index is -0.147. The first-order chi connectivity index (χ1) is 16.0. The molecule has 1 aliphatic carbocycles. The van der Waals surface area contributed by atoms with Gasteiger partial charge in [-0.3, -0.25) is 9.59 Å². The average Bonchev–Trinajstić information content (AvgIpc) is 3.28. The number of thiophene rings is 2. The number of rotatable bonds is 7. The monoisotopic (exact) mass is 480 g/mol. The second-order valence-corrected chi connectivity index (χ2v) is 10.8. The molecule has 0 spiro atoms. The van der Waals surface area contributed by atoms with E-state index in [4.69, 9.17) is 4.74 Å². The summed E-state index contributed by atoms with van der Waals surface area (Å²) < 4.78 is 6.24. The third-order valence-corrected chi connectivity index (χ3v) is 8.28. The van der Waals surface area contributed by atoms with Gasteiger partial charge in [-0.15, -0.1) is 22.7 Å². The van der Waals surface area contributed by atoms with Crippen molar-refractivity contribution in [2.45, 2.75) is 45.2 Å². The molecule has 0 N–H and O–H groups in total. The Labute approximate surface area is 202 Å². The van der Waals surface area contributed by atoms with Crippen molar-refractivity contribution in [3.8, 4) is 5.75 Å². The van der Waals surface area contributed by atoms with Gasteiger partial charge in [-0.05, 0) is 73.2 Å². The lowest BCUT2D eigenvalue weighted by atomic mass is 10.00. The van der Waals surface area contributed by atoms with Gasteiger partial charge in [0.15, 0.2) is 0 Å². The number of ether oxygens (including phenoxy) is 1. The summed E-state index contributed by atoms with van der Waals surface area (Å²) in [6, 6.07) is 12.0. The standard InChI is InChI=1S/C26H28N2O3S2/c1-17-5-8-22(18(2)14-17)31-16-21-20-10-13-33-23(20)9-11-27(21)25(29)15-28(19-6-7-19)26(30)24-4-3-12-32-24/h3-5,8,10,12-14,19,21H,6-7,9,11,15-16H2,1-2H3/t21-/m1/s1. The Kier molecular flexibility index (Phi) is 6.25. The average molecular weight is 481 g/mol. The fourth-order valence-corrected chi connectivity index (χ4v) is 6.14. The number of benzene rings is 1. The van der Waals surface area contributed by atoms with Gasteiger partial charge in [-0.25, -0.2) is 0 Å². The molecule has 3 heterocycles. The van der Waals surface area contributed by atoms with Gasteiger partial charge >= 0.3 is 0 Å². The van der Waals surface area contributed by atoms with E-state index in [2.05, 4.69) is 24.4 Å². The zero-order chi connectivity index (χ0) is 22.9. The SMILES string of the molecule is Cc1ccc(OC[C@@H]2c3ccsc3CCN2C(=O)CN(C(=O)c2cccs2)C2CC2)c(C)c1. The van der Waals surface area contributed by atoms with Gasteiger partial charge in [0.2, 0.25) is 5.91 Å². The van der Waals surface area contributed by atoms with Crippen molar-refractivity contribution in [3.63, 3.8) is 0 Å². The van der Waals surface area contributed by atoms with Crippen LogP contribution in [-0.4, -0.2) is 47.4 Å². The maximum atomic E-state index is 13.6. The van der Waals surface area contributed by atoms with Crippen LogP contribution in [0.5, 0.6) is 5.75 Å². The van der Waals surface area contributed by atoms with Crippen LogP contribution in [0.4, 0.5) is 0 Å². The molecule has 0 radical (unpaired) electrons. The van der Waals surface area contributed by atoms with Gasteiger partial charge in [-0.1, -0.05) is 23.8 Å². The molecule has 3 aromatic rings. The van der Waals surface area contributed by atoms with Crippen molar-refractivity contribution in [2.75, 3.05) is 19.7 Å². The van der Waals surface area contributed by atoms with Crippen LogP contribution in [0.25, 0.3) is 0 Å². The summed E-state index contributed by atoms with van der Waals surface area (Å²) in [4.78, 5) is 32.3. The molecular formula is C26H28N2O3S2. The Bertz CT molecular complexity index is 1150. The molecule has 1 aromatic carbocycles. The normalized spacial score (nSPS) is 17.5. The smallest absolute Gasteiger partial charge is 0.264 e. The largest absolute Gasteiger partial charge is 0.491 e. The van der Waals surface area contributed by atoms with Gasteiger partial charge in [0, 0.05) is 17.5 Å². The molecule has 2 aromatic heterocycles. The number of fused-ring (bicyclic) bond motifs is 1. The zero-order valence-electron chi connectivity index (χ0n) is 19.0. The quantitative estimate of drug-likeness (QED) is 0.465. The minimum Gasteiger partial charge on any atom is -0.491 e. The summed E-state index contributed by atoms with van der Waals surface area (Å²) in [5.74, 6) is 0.817. The molecule has 1 saturated carbocycles. The Morgan fingerprint density at radius 1 is 1.12 bits per heavy atom. The van der Waals surface area contributed by atoms with Gasteiger partial charge in [0.05, 0.1) is 10.9 Å². The van der Waals surface area contributed by atoms with E-state index in [0.29, 0.717) is 18.0 Å². The van der Waals surface area contributed by atoms with E-state index in [0.717, 1.165) is 30.6 Å². The van der Waals surface area contributed by atoms with Crippen LogP contribution in [0.2, 0.25) is 0 Å². The Morgan fingerprint density at radius 3 is 2.70 bits per heavy atom. The number of amides is 2. The molecule has 1 aliphatic heterocycles. The fraction of sp³-hybridized carbons (Fsp3) is 0.385. The third kappa shape index (κ3) is 4.70. The van der Waals surface area contributed by atoms with E-state index >= 15 is 0 Å². The maximum Gasteiger partial charge on any atom is 0.264 e. The van der Waals surface area contributed by atoms with Crippen molar-refractivity contribution in [1.82, 2.24) is 9.80 Å². The molecular weight excluding hydrogens is 452 g/mol. The number of carbonyl (C=O) groups excluding carboxylic acids is 2. The molecule has 0 unspecified atom stereocenters.